The van der Waals surface area contributed by atoms with Crippen LogP contribution in [0.25, 0.3) is 10.9 Å². The van der Waals surface area contributed by atoms with Crippen LogP contribution in [0.5, 0.6) is 0 Å². The van der Waals surface area contributed by atoms with Crippen LogP contribution >= 0.6 is 0 Å². The minimum atomic E-state index is -0.355. The largest absolute Gasteiger partial charge is 0.338 e. The van der Waals surface area contributed by atoms with Crippen molar-refractivity contribution in [3.63, 3.8) is 0 Å². The number of rotatable bonds is 2. The molecular formula is C12H12FN3O2. The second kappa shape index (κ2) is 4.87. The van der Waals surface area contributed by atoms with E-state index in [-0.39, 0.29) is 24.2 Å². The minimum absolute atomic E-state index is 0.0510. The molecule has 2 rings (SSSR count). The smallest absolute Gasteiger partial charge is 0.258 e. The molecule has 0 unspecified atom stereocenters. The lowest BCUT2D eigenvalue weighted by Gasteiger charge is -2.07. The van der Waals surface area contributed by atoms with E-state index in [1.165, 1.54) is 19.1 Å². The van der Waals surface area contributed by atoms with Crippen LogP contribution in [-0.4, -0.2) is 16.4 Å². The van der Waals surface area contributed by atoms with Gasteiger partial charge in [0.05, 0.1) is 0 Å². The van der Waals surface area contributed by atoms with E-state index in [2.05, 4.69) is 10.9 Å². The van der Waals surface area contributed by atoms with Crippen molar-refractivity contribution < 1.29 is 14.0 Å². The number of fused-ring (bicyclic) bond motifs is 1. The number of benzene rings is 1. The summed E-state index contributed by atoms with van der Waals surface area (Å²) in [6, 6.07) is 6.07. The topological polar surface area (TPSA) is 63.1 Å². The molecule has 2 N–H and O–H groups in total. The maximum Gasteiger partial charge on any atom is 0.258 e. The lowest BCUT2D eigenvalue weighted by molar-refractivity contribution is -0.128. The van der Waals surface area contributed by atoms with Gasteiger partial charge in [0.2, 0.25) is 5.91 Å². The number of halogens is 1. The zero-order valence-corrected chi connectivity index (χ0v) is 9.74. The lowest BCUT2D eigenvalue weighted by atomic mass is 10.2. The summed E-state index contributed by atoms with van der Waals surface area (Å²) in [6.07, 6.45) is 1.69. The highest BCUT2D eigenvalue weighted by Crippen LogP contribution is 2.16. The van der Waals surface area contributed by atoms with Crippen LogP contribution in [0.1, 0.15) is 6.92 Å². The van der Waals surface area contributed by atoms with Gasteiger partial charge in [-0.25, -0.2) is 4.39 Å². The Hall–Kier alpha value is -2.37. The van der Waals surface area contributed by atoms with Gasteiger partial charge in [0, 0.05) is 24.0 Å². The predicted octanol–water partition coefficient (Wildman–Crippen LogP) is 0.948. The second-order valence-electron chi connectivity index (χ2n) is 3.88. The average molecular weight is 249 g/mol. The Labute approximate surface area is 103 Å². The van der Waals surface area contributed by atoms with Gasteiger partial charge in [-0.3, -0.25) is 20.4 Å². The Kier molecular flexibility index (Phi) is 3.27. The van der Waals surface area contributed by atoms with Crippen molar-refractivity contribution in [2.24, 2.45) is 0 Å². The van der Waals surface area contributed by atoms with Crippen LogP contribution < -0.4 is 10.9 Å². The van der Waals surface area contributed by atoms with Gasteiger partial charge in [-0.05, 0) is 24.3 Å². The molecule has 2 amide bonds. The first-order valence-electron chi connectivity index (χ1n) is 5.36. The normalized spacial score (nSPS) is 10.3. The Bertz CT molecular complexity index is 606. The fourth-order valence-corrected chi connectivity index (χ4v) is 1.66. The molecule has 0 atom stereocenters. The molecule has 2 aromatic rings. The molecule has 6 heteroatoms. The highest BCUT2D eigenvalue weighted by atomic mass is 19.1. The Balaban J connectivity index is 2.12. The number of amides is 2. The van der Waals surface area contributed by atoms with Crippen molar-refractivity contribution in [3.8, 4) is 0 Å². The van der Waals surface area contributed by atoms with Gasteiger partial charge in [-0.1, -0.05) is 0 Å². The number of carbonyl (C=O) groups is 2. The molecule has 0 saturated carbocycles. The molecule has 94 valence electrons. The summed E-state index contributed by atoms with van der Waals surface area (Å²) in [5, 5.41) is 0.724. The molecule has 1 heterocycles. The fourth-order valence-electron chi connectivity index (χ4n) is 1.66. The first kappa shape index (κ1) is 12.1. The van der Waals surface area contributed by atoms with Gasteiger partial charge < -0.3 is 4.57 Å². The summed E-state index contributed by atoms with van der Waals surface area (Å²) < 4.78 is 14.7. The van der Waals surface area contributed by atoms with E-state index in [1.54, 1.807) is 22.9 Å². The summed E-state index contributed by atoms with van der Waals surface area (Å²) >= 11 is 0. The minimum Gasteiger partial charge on any atom is -0.338 e. The van der Waals surface area contributed by atoms with Crippen LogP contribution in [0, 0.1) is 5.82 Å². The molecule has 5 nitrogen and oxygen atoms in total. The van der Waals surface area contributed by atoms with Crippen molar-refractivity contribution >= 4 is 22.7 Å². The predicted molar refractivity (Wildman–Crippen MR) is 63.9 cm³/mol. The highest BCUT2D eigenvalue weighted by Gasteiger charge is 2.06. The second-order valence-corrected chi connectivity index (χ2v) is 3.88. The summed E-state index contributed by atoms with van der Waals surface area (Å²) in [7, 11) is 0. The van der Waals surface area contributed by atoms with Crippen molar-refractivity contribution in [2.75, 3.05) is 0 Å². The maximum atomic E-state index is 13.0. The van der Waals surface area contributed by atoms with Crippen LogP contribution in [0.4, 0.5) is 4.39 Å². The number of nitrogens with zero attached hydrogens (tertiary/aromatic N) is 1. The van der Waals surface area contributed by atoms with Crippen molar-refractivity contribution in [1.82, 2.24) is 15.4 Å². The number of carbonyl (C=O) groups excluding carboxylic acids is 2. The molecule has 0 aliphatic rings. The summed E-state index contributed by atoms with van der Waals surface area (Å²) in [5.74, 6) is -1.02. The number of nitrogens with one attached hydrogen (secondary N) is 2. The van der Waals surface area contributed by atoms with Gasteiger partial charge in [-0.2, -0.15) is 0 Å². The SMILES string of the molecule is CC(=O)NNC(=O)Cn1ccc2cc(F)ccc21. The lowest BCUT2D eigenvalue weighted by Crippen LogP contribution is -2.41. The third-order valence-corrected chi connectivity index (χ3v) is 2.42. The van der Waals surface area contributed by atoms with E-state index in [9.17, 15) is 14.0 Å². The van der Waals surface area contributed by atoms with Crippen molar-refractivity contribution in [1.29, 1.82) is 0 Å². The third-order valence-electron chi connectivity index (χ3n) is 2.42. The molecule has 0 spiro atoms. The fraction of sp³-hybridized carbons (Fsp3) is 0.167. The Morgan fingerprint density at radius 2 is 2.06 bits per heavy atom. The average Bonchev–Trinajstić information content (AvgIpc) is 2.69. The van der Waals surface area contributed by atoms with Crippen LogP contribution in [0.15, 0.2) is 30.5 Å². The maximum absolute atomic E-state index is 13.0. The van der Waals surface area contributed by atoms with E-state index in [0.29, 0.717) is 0 Å². The molecule has 1 aromatic heterocycles. The van der Waals surface area contributed by atoms with E-state index in [4.69, 9.17) is 0 Å². The molecule has 0 bridgehead atoms. The quantitative estimate of drug-likeness (QED) is 0.778. The molecule has 0 aliphatic carbocycles. The zero-order valence-electron chi connectivity index (χ0n) is 9.74. The number of hydrogen-bond acceptors (Lipinski definition) is 2. The van der Waals surface area contributed by atoms with Crippen LogP contribution in [-0.2, 0) is 16.1 Å². The molecule has 0 radical (unpaired) electrons. The molecule has 1 aromatic carbocycles. The summed E-state index contributed by atoms with van der Waals surface area (Å²) in [4.78, 5) is 22.1. The summed E-state index contributed by atoms with van der Waals surface area (Å²) in [6.45, 7) is 1.35. The van der Waals surface area contributed by atoms with Crippen molar-refractivity contribution in [3.05, 3.63) is 36.3 Å². The number of aromatic nitrogens is 1. The number of hydrogen-bond donors (Lipinski definition) is 2. The number of hydrazine groups is 1. The third kappa shape index (κ3) is 2.65. The van der Waals surface area contributed by atoms with Gasteiger partial charge >= 0.3 is 0 Å². The van der Waals surface area contributed by atoms with E-state index in [1.807, 2.05) is 0 Å². The molecule has 18 heavy (non-hydrogen) atoms. The molecular weight excluding hydrogens is 237 g/mol. The van der Waals surface area contributed by atoms with E-state index >= 15 is 0 Å². The first-order chi connectivity index (χ1) is 8.56. The van der Waals surface area contributed by atoms with Gasteiger partial charge in [0.25, 0.3) is 5.91 Å². The Morgan fingerprint density at radius 1 is 1.28 bits per heavy atom. The van der Waals surface area contributed by atoms with E-state index < -0.39 is 0 Å². The standard InChI is InChI=1S/C12H12FN3O2/c1-8(17)14-15-12(18)7-16-5-4-9-6-10(13)2-3-11(9)16/h2-6H,7H2,1H3,(H,14,17)(H,15,18). The summed E-state index contributed by atoms with van der Waals surface area (Å²) in [5.41, 5.74) is 5.22. The monoisotopic (exact) mass is 249 g/mol. The Morgan fingerprint density at radius 3 is 2.78 bits per heavy atom. The van der Waals surface area contributed by atoms with Crippen LogP contribution in [0.3, 0.4) is 0 Å². The van der Waals surface area contributed by atoms with Gasteiger partial charge in [-0.15, -0.1) is 0 Å². The molecule has 0 fully saturated rings. The molecule has 0 saturated heterocycles. The van der Waals surface area contributed by atoms with Crippen molar-refractivity contribution in [2.45, 2.75) is 13.5 Å². The molecule has 0 aliphatic heterocycles. The van der Waals surface area contributed by atoms with Gasteiger partial charge in [0.1, 0.15) is 12.4 Å². The van der Waals surface area contributed by atoms with E-state index in [0.717, 1.165) is 10.9 Å². The van der Waals surface area contributed by atoms with Crippen LogP contribution in [0.2, 0.25) is 0 Å². The first-order valence-corrected chi connectivity index (χ1v) is 5.36. The van der Waals surface area contributed by atoms with Gasteiger partial charge in [0.15, 0.2) is 0 Å². The highest BCUT2D eigenvalue weighted by molar-refractivity contribution is 5.84. The zero-order chi connectivity index (χ0) is 13.1.